The van der Waals surface area contributed by atoms with Crippen LogP contribution in [0.15, 0.2) is 0 Å². The van der Waals surface area contributed by atoms with E-state index in [0.717, 1.165) is 17.9 Å². The first-order chi connectivity index (χ1) is 8.89. The number of rotatable bonds is 7. The lowest BCUT2D eigenvalue weighted by atomic mass is 9.69. The van der Waals surface area contributed by atoms with E-state index in [2.05, 4.69) is 46.9 Å². The maximum Gasteiger partial charge on any atom is 0.00697 e. The smallest absolute Gasteiger partial charge is 0.00697 e. The largest absolute Gasteiger partial charge is 0.311 e. The second-order valence-electron chi connectivity index (χ2n) is 7.71. The van der Waals surface area contributed by atoms with Crippen molar-refractivity contribution in [1.82, 2.24) is 5.32 Å². The first kappa shape index (κ1) is 17.0. The number of hydrogen-bond acceptors (Lipinski definition) is 1. The Morgan fingerprint density at radius 2 is 1.63 bits per heavy atom. The molecular formula is C18H37N. The zero-order chi connectivity index (χ0) is 14.5. The highest BCUT2D eigenvalue weighted by molar-refractivity contribution is 4.86. The molecule has 2 atom stereocenters. The Kier molecular flexibility index (Phi) is 6.86. The van der Waals surface area contributed by atoms with Gasteiger partial charge in [-0.15, -0.1) is 0 Å². The molecule has 1 saturated carbocycles. The summed E-state index contributed by atoms with van der Waals surface area (Å²) in [7, 11) is 0. The second kappa shape index (κ2) is 7.67. The Labute approximate surface area is 121 Å². The molecule has 0 aromatic rings. The summed E-state index contributed by atoms with van der Waals surface area (Å²) in [6, 6.07) is 1.47. The number of hydrogen-bond donors (Lipinski definition) is 1. The maximum atomic E-state index is 3.87. The van der Waals surface area contributed by atoms with E-state index in [0.29, 0.717) is 11.5 Å². The van der Waals surface area contributed by atoms with Crippen molar-refractivity contribution in [2.75, 3.05) is 0 Å². The molecule has 1 aliphatic rings. The first-order valence-corrected chi connectivity index (χ1v) is 8.65. The van der Waals surface area contributed by atoms with Gasteiger partial charge in [-0.25, -0.2) is 0 Å². The summed E-state index contributed by atoms with van der Waals surface area (Å²) >= 11 is 0. The van der Waals surface area contributed by atoms with E-state index in [4.69, 9.17) is 0 Å². The molecule has 0 aliphatic heterocycles. The highest BCUT2D eigenvalue weighted by Crippen LogP contribution is 2.40. The van der Waals surface area contributed by atoms with Crippen LogP contribution in [0.2, 0.25) is 0 Å². The van der Waals surface area contributed by atoms with E-state index >= 15 is 0 Å². The van der Waals surface area contributed by atoms with Crippen molar-refractivity contribution in [3.63, 3.8) is 0 Å². The molecule has 19 heavy (non-hydrogen) atoms. The summed E-state index contributed by atoms with van der Waals surface area (Å²) < 4.78 is 0. The average molecular weight is 268 g/mol. The van der Waals surface area contributed by atoms with Crippen LogP contribution in [0.1, 0.15) is 86.5 Å². The van der Waals surface area contributed by atoms with E-state index in [9.17, 15) is 0 Å². The molecule has 0 saturated heterocycles. The molecule has 0 aromatic heterocycles. The first-order valence-electron chi connectivity index (χ1n) is 8.65. The van der Waals surface area contributed by atoms with Crippen LogP contribution in [-0.4, -0.2) is 12.1 Å². The van der Waals surface area contributed by atoms with E-state index in [1.54, 1.807) is 0 Å². The van der Waals surface area contributed by atoms with Crippen LogP contribution in [0.3, 0.4) is 0 Å². The van der Waals surface area contributed by atoms with Gasteiger partial charge in [0.15, 0.2) is 0 Å². The summed E-state index contributed by atoms with van der Waals surface area (Å²) in [5, 5.41) is 3.87. The predicted octanol–water partition coefficient (Wildman–Crippen LogP) is 5.40. The Morgan fingerprint density at radius 1 is 1.05 bits per heavy atom. The van der Waals surface area contributed by atoms with Crippen molar-refractivity contribution in [3.8, 4) is 0 Å². The Bertz CT molecular complexity index is 238. The maximum absolute atomic E-state index is 3.87. The van der Waals surface area contributed by atoms with Crippen molar-refractivity contribution in [2.24, 2.45) is 17.3 Å². The normalized spacial score (nSPS) is 28.1. The van der Waals surface area contributed by atoms with Gasteiger partial charge in [-0.05, 0) is 56.3 Å². The van der Waals surface area contributed by atoms with Gasteiger partial charge in [0.25, 0.3) is 0 Å². The molecule has 0 heterocycles. The molecule has 1 aliphatic carbocycles. The quantitative estimate of drug-likeness (QED) is 0.651. The Balaban J connectivity index is 2.30. The summed E-state index contributed by atoms with van der Waals surface area (Å²) in [5.41, 5.74) is 0.549. The monoisotopic (exact) mass is 267 g/mol. The molecular weight excluding hydrogens is 230 g/mol. The fourth-order valence-electron chi connectivity index (χ4n) is 3.57. The minimum atomic E-state index is 0.549. The minimum absolute atomic E-state index is 0.549. The lowest BCUT2D eigenvalue weighted by molar-refractivity contribution is 0.133. The van der Waals surface area contributed by atoms with Gasteiger partial charge in [-0.1, -0.05) is 47.5 Å². The van der Waals surface area contributed by atoms with Crippen molar-refractivity contribution in [1.29, 1.82) is 0 Å². The van der Waals surface area contributed by atoms with E-state index in [1.165, 1.54) is 44.9 Å². The summed E-state index contributed by atoms with van der Waals surface area (Å²) in [4.78, 5) is 0. The lowest BCUT2D eigenvalue weighted by Crippen LogP contribution is -2.41. The molecule has 0 aromatic carbocycles. The Morgan fingerprint density at radius 3 is 2.11 bits per heavy atom. The molecule has 1 fully saturated rings. The molecule has 1 N–H and O–H groups in total. The molecule has 0 amide bonds. The van der Waals surface area contributed by atoms with Gasteiger partial charge in [0, 0.05) is 12.1 Å². The fourth-order valence-corrected chi connectivity index (χ4v) is 3.57. The predicted molar refractivity (Wildman–Crippen MR) is 86.5 cm³/mol. The number of nitrogens with one attached hydrogen (secondary N) is 1. The third kappa shape index (κ3) is 5.45. The van der Waals surface area contributed by atoms with Crippen LogP contribution in [-0.2, 0) is 0 Å². The van der Waals surface area contributed by atoms with Crippen LogP contribution in [0.25, 0.3) is 0 Å². The van der Waals surface area contributed by atoms with Crippen LogP contribution in [0.5, 0.6) is 0 Å². The van der Waals surface area contributed by atoms with E-state index in [-0.39, 0.29) is 0 Å². The highest BCUT2D eigenvalue weighted by atomic mass is 14.9. The van der Waals surface area contributed by atoms with Crippen LogP contribution in [0.4, 0.5) is 0 Å². The zero-order valence-electron chi connectivity index (χ0n) is 14.3. The highest BCUT2D eigenvalue weighted by Gasteiger charge is 2.31. The van der Waals surface area contributed by atoms with Gasteiger partial charge in [-0.2, -0.15) is 0 Å². The van der Waals surface area contributed by atoms with E-state index < -0.39 is 0 Å². The summed E-state index contributed by atoms with van der Waals surface area (Å²) in [6.45, 7) is 14.3. The lowest BCUT2D eigenvalue weighted by Gasteiger charge is -2.40. The Hall–Kier alpha value is -0.0400. The van der Waals surface area contributed by atoms with Gasteiger partial charge in [0.2, 0.25) is 0 Å². The van der Waals surface area contributed by atoms with Crippen molar-refractivity contribution in [2.45, 2.75) is 98.6 Å². The second-order valence-corrected chi connectivity index (χ2v) is 7.71. The van der Waals surface area contributed by atoms with Crippen LogP contribution >= 0.6 is 0 Å². The van der Waals surface area contributed by atoms with Gasteiger partial charge in [0.1, 0.15) is 0 Å². The SMILES string of the molecule is CCC(C)CC(C)NC1CCC(C(C)(C)CC)CC1. The van der Waals surface area contributed by atoms with Crippen molar-refractivity contribution < 1.29 is 0 Å². The van der Waals surface area contributed by atoms with Crippen LogP contribution in [0, 0.1) is 17.3 Å². The zero-order valence-corrected chi connectivity index (χ0v) is 14.3. The minimum Gasteiger partial charge on any atom is -0.311 e. The molecule has 0 spiro atoms. The average Bonchev–Trinajstić information content (AvgIpc) is 2.39. The van der Waals surface area contributed by atoms with Gasteiger partial charge in [0.05, 0.1) is 0 Å². The van der Waals surface area contributed by atoms with E-state index in [1.807, 2.05) is 0 Å². The molecule has 114 valence electrons. The van der Waals surface area contributed by atoms with Gasteiger partial charge in [-0.3, -0.25) is 0 Å². The topological polar surface area (TPSA) is 12.0 Å². The third-order valence-corrected chi connectivity index (χ3v) is 5.72. The fraction of sp³-hybridized carbons (Fsp3) is 1.00. The molecule has 1 rings (SSSR count). The van der Waals surface area contributed by atoms with Crippen molar-refractivity contribution in [3.05, 3.63) is 0 Å². The molecule has 2 unspecified atom stereocenters. The molecule has 0 radical (unpaired) electrons. The summed E-state index contributed by atoms with van der Waals surface area (Å²) in [6.07, 6.45) is 9.58. The summed E-state index contributed by atoms with van der Waals surface area (Å²) in [5.74, 6) is 1.80. The molecule has 0 bridgehead atoms. The van der Waals surface area contributed by atoms with Gasteiger partial charge >= 0.3 is 0 Å². The molecule has 1 nitrogen and oxygen atoms in total. The third-order valence-electron chi connectivity index (χ3n) is 5.72. The van der Waals surface area contributed by atoms with Crippen LogP contribution < -0.4 is 5.32 Å². The van der Waals surface area contributed by atoms with Crippen molar-refractivity contribution >= 4 is 0 Å². The van der Waals surface area contributed by atoms with Gasteiger partial charge < -0.3 is 5.32 Å². The standard InChI is InChI=1S/C18H37N/c1-7-14(3)13-15(4)19-17-11-9-16(10-12-17)18(5,6)8-2/h14-17,19H,7-13H2,1-6H3. The molecule has 1 heteroatoms.